The molecule has 1 spiro atoms. The number of imide groups is 1. The maximum Gasteiger partial charge on any atom is 0.325 e. The fourth-order valence-corrected chi connectivity index (χ4v) is 5.04. The van der Waals surface area contributed by atoms with Gasteiger partial charge < -0.3 is 15.1 Å². The van der Waals surface area contributed by atoms with Crippen molar-refractivity contribution in [1.29, 1.82) is 0 Å². The van der Waals surface area contributed by atoms with Crippen molar-refractivity contribution in [3.63, 3.8) is 0 Å². The number of rotatable bonds is 4. The number of nitrogens with zero attached hydrogens (tertiary/aromatic N) is 3. The number of amides is 5. The van der Waals surface area contributed by atoms with Crippen LogP contribution in [-0.4, -0.2) is 76.2 Å². The van der Waals surface area contributed by atoms with E-state index in [9.17, 15) is 19.2 Å². The SMILES string of the molecule is CC(C)C(=O)N1CCC2(CC1)NC(=O)N(C1CCN(C(=O)Cc3ccccc3)CC1)C2=O. The van der Waals surface area contributed by atoms with Gasteiger partial charge >= 0.3 is 6.03 Å². The summed E-state index contributed by atoms with van der Waals surface area (Å²) in [6.07, 6.45) is 2.44. The lowest BCUT2D eigenvalue weighted by Gasteiger charge is -2.39. The number of likely N-dealkylation sites (tertiary alicyclic amines) is 2. The van der Waals surface area contributed by atoms with Crippen LogP contribution in [0, 0.1) is 5.92 Å². The van der Waals surface area contributed by atoms with Crippen LogP contribution in [-0.2, 0) is 20.8 Å². The third-order valence-electron chi connectivity index (χ3n) is 7.00. The van der Waals surface area contributed by atoms with E-state index < -0.39 is 5.54 Å². The lowest BCUT2D eigenvalue weighted by molar-refractivity contribution is -0.141. The maximum absolute atomic E-state index is 13.3. The Hall–Kier alpha value is -2.90. The Bertz CT molecular complexity index is 885. The molecule has 0 bridgehead atoms. The van der Waals surface area contributed by atoms with Crippen LogP contribution in [0.2, 0.25) is 0 Å². The molecule has 0 saturated carbocycles. The summed E-state index contributed by atoms with van der Waals surface area (Å²) in [6, 6.07) is 9.12. The van der Waals surface area contributed by atoms with Crippen molar-refractivity contribution in [2.75, 3.05) is 26.2 Å². The molecule has 0 radical (unpaired) electrons. The number of benzene rings is 1. The van der Waals surface area contributed by atoms with Gasteiger partial charge in [0.2, 0.25) is 11.8 Å². The molecular formula is C24H32N4O4. The Morgan fingerprint density at radius 3 is 2.22 bits per heavy atom. The Balaban J connectivity index is 1.33. The molecule has 8 nitrogen and oxygen atoms in total. The van der Waals surface area contributed by atoms with Crippen LogP contribution in [0.25, 0.3) is 0 Å². The Morgan fingerprint density at radius 2 is 1.62 bits per heavy atom. The third-order valence-corrected chi connectivity index (χ3v) is 7.00. The summed E-state index contributed by atoms with van der Waals surface area (Å²) in [5.41, 5.74) is 0.0865. The molecule has 32 heavy (non-hydrogen) atoms. The first-order chi connectivity index (χ1) is 15.3. The quantitative estimate of drug-likeness (QED) is 0.723. The summed E-state index contributed by atoms with van der Waals surface area (Å²) in [6.45, 7) is 5.77. The number of hydrogen-bond acceptors (Lipinski definition) is 4. The van der Waals surface area contributed by atoms with Gasteiger partial charge in [-0.3, -0.25) is 19.3 Å². The van der Waals surface area contributed by atoms with Crippen molar-refractivity contribution < 1.29 is 19.2 Å². The monoisotopic (exact) mass is 440 g/mol. The Labute approximate surface area is 188 Å². The van der Waals surface area contributed by atoms with Crippen molar-refractivity contribution in [2.24, 2.45) is 5.92 Å². The zero-order valence-electron chi connectivity index (χ0n) is 18.9. The first-order valence-corrected chi connectivity index (χ1v) is 11.6. The number of carbonyl (C=O) groups excluding carboxylic acids is 4. The lowest BCUT2D eigenvalue weighted by Crippen LogP contribution is -2.57. The summed E-state index contributed by atoms with van der Waals surface area (Å²) in [4.78, 5) is 56.0. The topological polar surface area (TPSA) is 90.0 Å². The second-order valence-electron chi connectivity index (χ2n) is 9.44. The summed E-state index contributed by atoms with van der Waals surface area (Å²) in [5.74, 6) is -0.0936. The Kier molecular flexibility index (Phi) is 6.22. The molecule has 5 amide bonds. The molecule has 3 fully saturated rings. The molecular weight excluding hydrogens is 408 g/mol. The zero-order chi connectivity index (χ0) is 22.9. The molecule has 0 atom stereocenters. The van der Waals surface area contributed by atoms with E-state index in [2.05, 4.69) is 5.32 Å². The molecule has 8 heteroatoms. The van der Waals surface area contributed by atoms with Gasteiger partial charge in [-0.15, -0.1) is 0 Å². The van der Waals surface area contributed by atoms with Crippen molar-refractivity contribution in [3.05, 3.63) is 35.9 Å². The lowest BCUT2D eigenvalue weighted by atomic mass is 9.86. The average Bonchev–Trinajstić information content (AvgIpc) is 3.03. The number of urea groups is 1. The van der Waals surface area contributed by atoms with E-state index in [0.717, 1.165) is 5.56 Å². The van der Waals surface area contributed by atoms with Gasteiger partial charge in [0.15, 0.2) is 0 Å². The van der Waals surface area contributed by atoms with Gasteiger partial charge in [0.05, 0.1) is 6.42 Å². The number of carbonyl (C=O) groups is 4. The summed E-state index contributed by atoms with van der Waals surface area (Å²) in [5, 5.41) is 2.94. The largest absolute Gasteiger partial charge is 0.342 e. The smallest absolute Gasteiger partial charge is 0.325 e. The van der Waals surface area contributed by atoms with E-state index in [1.807, 2.05) is 49.1 Å². The normalized spacial score (nSPS) is 21.4. The van der Waals surface area contributed by atoms with Crippen LogP contribution in [0.4, 0.5) is 4.79 Å². The minimum absolute atomic E-state index is 0.0745. The molecule has 4 rings (SSSR count). The van der Waals surface area contributed by atoms with Crippen LogP contribution in [0.15, 0.2) is 30.3 Å². The Morgan fingerprint density at radius 1 is 1.00 bits per heavy atom. The van der Waals surface area contributed by atoms with Crippen LogP contribution in [0.3, 0.4) is 0 Å². The first-order valence-electron chi connectivity index (χ1n) is 11.6. The highest BCUT2D eigenvalue weighted by molar-refractivity contribution is 6.07. The number of nitrogens with one attached hydrogen (secondary N) is 1. The van der Waals surface area contributed by atoms with Crippen molar-refractivity contribution in [3.8, 4) is 0 Å². The second-order valence-corrected chi connectivity index (χ2v) is 9.44. The third kappa shape index (κ3) is 4.23. The minimum atomic E-state index is -0.898. The summed E-state index contributed by atoms with van der Waals surface area (Å²) in [7, 11) is 0. The minimum Gasteiger partial charge on any atom is -0.342 e. The van der Waals surface area contributed by atoms with Crippen molar-refractivity contribution in [1.82, 2.24) is 20.0 Å². The first kappa shape index (κ1) is 22.3. The number of hydrogen-bond donors (Lipinski definition) is 1. The van der Waals surface area contributed by atoms with Crippen LogP contribution < -0.4 is 5.32 Å². The highest BCUT2D eigenvalue weighted by atomic mass is 16.2. The summed E-state index contributed by atoms with van der Waals surface area (Å²) < 4.78 is 0. The average molecular weight is 441 g/mol. The van der Waals surface area contributed by atoms with Gasteiger partial charge in [0, 0.05) is 38.1 Å². The van der Waals surface area contributed by atoms with E-state index in [0.29, 0.717) is 58.3 Å². The predicted molar refractivity (Wildman–Crippen MR) is 119 cm³/mol. The van der Waals surface area contributed by atoms with E-state index in [1.54, 1.807) is 4.90 Å². The van der Waals surface area contributed by atoms with Crippen LogP contribution >= 0.6 is 0 Å². The van der Waals surface area contributed by atoms with Crippen molar-refractivity contribution >= 4 is 23.8 Å². The van der Waals surface area contributed by atoms with Gasteiger partial charge in [-0.2, -0.15) is 0 Å². The molecule has 0 aromatic heterocycles. The van der Waals surface area contributed by atoms with Crippen LogP contribution in [0.1, 0.15) is 45.1 Å². The standard InChI is InChI=1S/C24H32N4O4/c1-17(2)21(30)27-14-10-24(11-15-27)22(31)28(23(32)25-24)19-8-12-26(13-9-19)20(29)16-18-6-4-3-5-7-18/h3-7,17,19H,8-16H2,1-2H3,(H,25,32). The highest BCUT2D eigenvalue weighted by Gasteiger charge is 2.54. The molecule has 1 aromatic carbocycles. The van der Waals surface area contributed by atoms with E-state index in [1.165, 1.54) is 4.90 Å². The predicted octanol–water partition coefficient (Wildman–Crippen LogP) is 1.79. The zero-order valence-corrected chi connectivity index (χ0v) is 18.9. The van der Waals surface area contributed by atoms with Crippen molar-refractivity contribution in [2.45, 2.75) is 57.5 Å². The fourth-order valence-electron chi connectivity index (χ4n) is 5.04. The highest BCUT2D eigenvalue weighted by Crippen LogP contribution is 2.33. The molecule has 3 heterocycles. The molecule has 1 aromatic rings. The molecule has 3 saturated heterocycles. The molecule has 172 valence electrons. The number of piperidine rings is 2. The fraction of sp³-hybridized carbons (Fsp3) is 0.583. The van der Waals surface area contributed by atoms with Gasteiger partial charge in [0.1, 0.15) is 5.54 Å². The molecule has 3 aliphatic heterocycles. The van der Waals surface area contributed by atoms with E-state index in [-0.39, 0.29) is 35.7 Å². The molecule has 3 aliphatic rings. The maximum atomic E-state index is 13.3. The van der Waals surface area contributed by atoms with E-state index >= 15 is 0 Å². The molecule has 1 N–H and O–H groups in total. The summed E-state index contributed by atoms with van der Waals surface area (Å²) >= 11 is 0. The van der Waals surface area contributed by atoms with E-state index in [4.69, 9.17) is 0 Å². The molecule has 0 unspecified atom stereocenters. The molecule has 0 aliphatic carbocycles. The second kappa shape index (κ2) is 8.92. The van der Waals surface area contributed by atoms with Gasteiger partial charge in [0.25, 0.3) is 5.91 Å². The van der Waals surface area contributed by atoms with Gasteiger partial charge in [-0.1, -0.05) is 44.2 Å². The van der Waals surface area contributed by atoms with Crippen LogP contribution in [0.5, 0.6) is 0 Å². The van der Waals surface area contributed by atoms with Gasteiger partial charge in [-0.25, -0.2) is 4.79 Å². The van der Waals surface area contributed by atoms with Gasteiger partial charge in [-0.05, 0) is 31.2 Å².